The number of likely N-dealkylation sites (tertiary alicyclic amines) is 1. The Morgan fingerprint density at radius 1 is 1.18 bits per heavy atom. The Kier molecular flexibility index (Phi) is 5.25. The molecule has 0 radical (unpaired) electrons. The number of halogens is 2. The zero-order valence-electron chi connectivity index (χ0n) is 14.9. The number of aromatic nitrogens is 2. The Bertz CT molecular complexity index is 976. The average molecular weight is 401 g/mol. The molecule has 6 nitrogen and oxygen atoms in total. The zero-order chi connectivity index (χ0) is 19.5. The van der Waals surface area contributed by atoms with Crippen LogP contribution in [0.25, 0.3) is 11.4 Å². The van der Waals surface area contributed by atoms with Crippen molar-refractivity contribution in [1.82, 2.24) is 15.0 Å². The van der Waals surface area contributed by atoms with Crippen molar-refractivity contribution in [3.8, 4) is 11.4 Å². The van der Waals surface area contributed by atoms with E-state index >= 15 is 0 Å². The van der Waals surface area contributed by atoms with E-state index in [1.807, 2.05) is 0 Å². The van der Waals surface area contributed by atoms with Crippen molar-refractivity contribution >= 4 is 23.3 Å². The molecule has 4 rings (SSSR count). The summed E-state index contributed by atoms with van der Waals surface area (Å²) in [5.74, 6) is 0.326. The van der Waals surface area contributed by atoms with Gasteiger partial charge in [0.2, 0.25) is 11.7 Å². The molecule has 1 atom stereocenters. The van der Waals surface area contributed by atoms with E-state index in [-0.39, 0.29) is 17.8 Å². The molecule has 1 aromatic heterocycles. The number of rotatable bonds is 3. The fraction of sp³-hybridized carbons (Fsp3) is 0.250. The van der Waals surface area contributed by atoms with Gasteiger partial charge in [0.15, 0.2) is 0 Å². The summed E-state index contributed by atoms with van der Waals surface area (Å²) >= 11 is 5.92. The van der Waals surface area contributed by atoms with Gasteiger partial charge in [-0.3, -0.25) is 0 Å². The molecule has 0 saturated carbocycles. The van der Waals surface area contributed by atoms with Gasteiger partial charge in [-0.1, -0.05) is 28.9 Å². The molecule has 1 N–H and O–H groups in total. The zero-order valence-corrected chi connectivity index (χ0v) is 15.7. The van der Waals surface area contributed by atoms with E-state index < -0.39 is 5.82 Å². The van der Waals surface area contributed by atoms with Crippen LogP contribution in [0.5, 0.6) is 0 Å². The summed E-state index contributed by atoms with van der Waals surface area (Å²) in [7, 11) is 0. The lowest BCUT2D eigenvalue weighted by Gasteiger charge is -2.33. The number of anilines is 1. The molecular weight excluding hydrogens is 383 g/mol. The van der Waals surface area contributed by atoms with Crippen LogP contribution in [-0.2, 0) is 0 Å². The van der Waals surface area contributed by atoms with Crippen LogP contribution in [0.1, 0.15) is 31.2 Å². The predicted molar refractivity (Wildman–Crippen MR) is 103 cm³/mol. The predicted octanol–water partition coefficient (Wildman–Crippen LogP) is 5.29. The minimum atomic E-state index is -0.479. The number of carbonyl (C=O) groups is 1. The van der Waals surface area contributed by atoms with E-state index in [2.05, 4.69) is 15.5 Å². The minimum absolute atomic E-state index is 0.143. The van der Waals surface area contributed by atoms with Crippen molar-refractivity contribution < 1.29 is 13.7 Å². The van der Waals surface area contributed by atoms with Crippen molar-refractivity contribution in [3.63, 3.8) is 0 Å². The third-order valence-electron chi connectivity index (χ3n) is 4.71. The molecule has 1 aliphatic rings. The fourth-order valence-corrected chi connectivity index (χ4v) is 3.39. The number of carbonyl (C=O) groups excluding carboxylic acids is 1. The molecule has 0 aliphatic carbocycles. The number of nitrogens with one attached hydrogen (secondary N) is 1. The lowest BCUT2D eigenvalue weighted by atomic mass is 10.0. The number of para-hydroxylation sites is 1. The highest BCUT2D eigenvalue weighted by Gasteiger charge is 2.32. The maximum Gasteiger partial charge on any atom is 0.322 e. The minimum Gasteiger partial charge on any atom is -0.337 e. The Balaban J connectivity index is 1.55. The second kappa shape index (κ2) is 7.98. The lowest BCUT2D eigenvalue weighted by molar-refractivity contribution is 0.142. The molecule has 0 bridgehead atoms. The summed E-state index contributed by atoms with van der Waals surface area (Å²) in [5, 5.41) is 7.29. The smallest absolute Gasteiger partial charge is 0.322 e. The van der Waals surface area contributed by atoms with E-state index in [4.69, 9.17) is 16.1 Å². The van der Waals surface area contributed by atoms with Crippen LogP contribution in [0.4, 0.5) is 14.9 Å². The molecule has 2 amide bonds. The highest BCUT2D eigenvalue weighted by Crippen LogP contribution is 2.32. The molecule has 1 saturated heterocycles. The van der Waals surface area contributed by atoms with Crippen molar-refractivity contribution in [1.29, 1.82) is 0 Å². The van der Waals surface area contributed by atoms with Crippen LogP contribution in [-0.4, -0.2) is 27.6 Å². The van der Waals surface area contributed by atoms with Gasteiger partial charge < -0.3 is 14.7 Å². The summed E-state index contributed by atoms with van der Waals surface area (Å²) in [6.07, 6.45) is 2.50. The van der Waals surface area contributed by atoms with Gasteiger partial charge in [0.25, 0.3) is 0 Å². The van der Waals surface area contributed by atoms with E-state index in [0.29, 0.717) is 29.7 Å². The Morgan fingerprint density at radius 3 is 2.75 bits per heavy atom. The van der Waals surface area contributed by atoms with Crippen LogP contribution in [0, 0.1) is 5.82 Å². The number of nitrogens with zero attached hydrogens (tertiary/aromatic N) is 3. The van der Waals surface area contributed by atoms with Gasteiger partial charge in [0.1, 0.15) is 11.9 Å². The molecule has 2 heterocycles. The fourth-order valence-electron chi connectivity index (χ4n) is 3.27. The third kappa shape index (κ3) is 3.84. The van der Waals surface area contributed by atoms with Crippen molar-refractivity contribution in [2.45, 2.75) is 25.3 Å². The number of urea groups is 1. The number of benzene rings is 2. The first kappa shape index (κ1) is 18.4. The SMILES string of the molecule is O=C(Nc1ccccc1F)N1CCCC[C@@H]1c1nc(-c2ccc(Cl)cc2)no1. The van der Waals surface area contributed by atoms with E-state index in [9.17, 15) is 9.18 Å². The highest BCUT2D eigenvalue weighted by atomic mass is 35.5. The molecule has 2 aromatic carbocycles. The summed E-state index contributed by atoms with van der Waals surface area (Å²) in [4.78, 5) is 18.9. The Morgan fingerprint density at radius 2 is 1.96 bits per heavy atom. The molecular formula is C20H18ClFN4O2. The van der Waals surface area contributed by atoms with Crippen LogP contribution in [0.3, 0.4) is 0 Å². The lowest BCUT2D eigenvalue weighted by Crippen LogP contribution is -2.41. The first-order valence-electron chi connectivity index (χ1n) is 9.03. The average Bonchev–Trinajstić information content (AvgIpc) is 3.20. The van der Waals surface area contributed by atoms with Crippen LogP contribution >= 0.6 is 11.6 Å². The quantitative estimate of drug-likeness (QED) is 0.648. The third-order valence-corrected chi connectivity index (χ3v) is 4.96. The number of piperidine rings is 1. The molecule has 3 aromatic rings. The topological polar surface area (TPSA) is 71.3 Å². The molecule has 1 aliphatic heterocycles. The molecule has 1 fully saturated rings. The van der Waals surface area contributed by atoms with Gasteiger partial charge in [-0.05, 0) is 55.7 Å². The first-order chi connectivity index (χ1) is 13.6. The Hall–Kier alpha value is -2.93. The van der Waals surface area contributed by atoms with Gasteiger partial charge in [-0.2, -0.15) is 4.98 Å². The summed E-state index contributed by atoms with van der Waals surface area (Å²) < 4.78 is 19.3. The second-order valence-electron chi connectivity index (χ2n) is 6.58. The van der Waals surface area contributed by atoms with Crippen LogP contribution in [0.15, 0.2) is 53.1 Å². The van der Waals surface area contributed by atoms with Crippen molar-refractivity contribution in [2.75, 3.05) is 11.9 Å². The first-order valence-corrected chi connectivity index (χ1v) is 9.41. The number of hydrogen-bond donors (Lipinski definition) is 1. The van der Waals surface area contributed by atoms with Gasteiger partial charge >= 0.3 is 6.03 Å². The van der Waals surface area contributed by atoms with Gasteiger partial charge in [-0.25, -0.2) is 9.18 Å². The summed E-state index contributed by atoms with van der Waals surface area (Å²) in [6, 6.07) is 12.4. The highest BCUT2D eigenvalue weighted by molar-refractivity contribution is 6.30. The van der Waals surface area contributed by atoms with E-state index in [1.54, 1.807) is 41.3 Å². The maximum atomic E-state index is 13.9. The van der Waals surface area contributed by atoms with E-state index in [0.717, 1.165) is 18.4 Å². The monoisotopic (exact) mass is 400 g/mol. The molecule has 8 heteroatoms. The number of hydrogen-bond acceptors (Lipinski definition) is 4. The summed E-state index contributed by atoms with van der Waals surface area (Å²) in [6.45, 7) is 0.531. The largest absolute Gasteiger partial charge is 0.337 e. The molecule has 0 unspecified atom stereocenters. The van der Waals surface area contributed by atoms with Crippen molar-refractivity contribution in [3.05, 3.63) is 65.3 Å². The second-order valence-corrected chi connectivity index (χ2v) is 7.01. The maximum absolute atomic E-state index is 13.9. The van der Waals surface area contributed by atoms with Gasteiger partial charge in [0.05, 0.1) is 5.69 Å². The van der Waals surface area contributed by atoms with Crippen LogP contribution in [0.2, 0.25) is 5.02 Å². The van der Waals surface area contributed by atoms with E-state index in [1.165, 1.54) is 12.1 Å². The normalized spacial score (nSPS) is 16.8. The van der Waals surface area contributed by atoms with Crippen LogP contribution < -0.4 is 5.32 Å². The molecule has 0 spiro atoms. The molecule has 144 valence electrons. The Labute approximate surface area is 166 Å². The standard InChI is InChI=1S/C20H18ClFN4O2/c21-14-10-8-13(9-11-14)18-24-19(28-25-18)17-7-3-4-12-26(17)20(27)23-16-6-2-1-5-15(16)22/h1-2,5-6,8-11,17H,3-4,7,12H2,(H,23,27)/t17-/m1/s1. The van der Waals surface area contributed by atoms with Crippen molar-refractivity contribution in [2.24, 2.45) is 0 Å². The van der Waals surface area contributed by atoms with Gasteiger partial charge in [0, 0.05) is 17.1 Å². The molecule has 28 heavy (non-hydrogen) atoms. The number of amides is 2. The van der Waals surface area contributed by atoms with Gasteiger partial charge in [-0.15, -0.1) is 0 Å². The summed E-state index contributed by atoms with van der Waals surface area (Å²) in [5.41, 5.74) is 0.918.